The molecule has 0 aromatic carbocycles. The summed E-state index contributed by atoms with van der Waals surface area (Å²) in [4.78, 5) is 1.82. The molecule has 1 aliphatic heterocycles. The Balaban J connectivity index is 2.30. The molecule has 1 saturated heterocycles. The predicted molar refractivity (Wildman–Crippen MR) is 39.0 cm³/mol. The molecule has 2 unspecified atom stereocenters. The Morgan fingerprint density at radius 3 is 2.64 bits per heavy atom. The van der Waals surface area contributed by atoms with Crippen molar-refractivity contribution >= 4 is 0 Å². The highest BCUT2D eigenvalue weighted by atomic mass is 19.1. The van der Waals surface area contributed by atoms with Gasteiger partial charge in [-0.1, -0.05) is 0 Å². The largest absolute Gasteiger partial charge is 0.396 e. The number of aliphatic hydroxyl groups excluding tert-OH is 2. The van der Waals surface area contributed by atoms with Crippen LogP contribution in [0.2, 0.25) is 0 Å². The second-order valence-corrected chi connectivity index (χ2v) is 2.96. The van der Waals surface area contributed by atoms with Gasteiger partial charge >= 0.3 is 0 Å². The number of hydrogen-bond donors (Lipinski definition) is 2. The second kappa shape index (κ2) is 3.99. The van der Waals surface area contributed by atoms with Crippen molar-refractivity contribution in [2.75, 3.05) is 32.9 Å². The van der Waals surface area contributed by atoms with Gasteiger partial charge in [0.15, 0.2) is 0 Å². The van der Waals surface area contributed by atoms with E-state index in [1.54, 1.807) is 0 Å². The van der Waals surface area contributed by atoms with Crippen molar-refractivity contribution < 1.29 is 14.6 Å². The van der Waals surface area contributed by atoms with Crippen LogP contribution in [0.15, 0.2) is 0 Å². The molecule has 0 bridgehead atoms. The molecular formula is C7H14FNO2. The van der Waals surface area contributed by atoms with Gasteiger partial charge in [0.2, 0.25) is 0 Å². The summed E-state index contributed by atoms with van der Waals surface area (Å²) in [5.74, 6) is -0.0819. The first kappa shape index (κ1) is 8.90. The van der Waals surface area contributed by atoms with E-state index in [0.29, 0.717) is 19.6 Å². The van der Waals surface area contributed by atoms with Crippen molar-refractivity contribution in [1.29, 1.82) is 0 Å². The second-order valence-electron chi connectivity index (χ2n) is 2.96. The number of hydrogen-bond acceptors (Lipinski definition) is 3. The van der Waals surface area contributed by atoms with Crippen LogP contribution in [-0.4, -0.2) is 54.1 Å². The minimum Gasteiger partial charge on any atom is -0.396 e. The molecular weight excluding hydrogens is 149 g/mol. The molecule has 1 fully saturated rings. The summed E-state index contributed by atoms with van der Waals surface area (Å²) in [6.07, 6.45) is -0.480. The number of aliphatic hydroxyl groups is 2. The van der Waals surface area contributed by atoms with Crippen LogP contribution in [0.5, 0.6) is 0 Å². The lowest BCUT2D eigenvalue weighted by Gasteiger charge is -2.11. The SMILES string of the molecule is OCC1CN(CCF)CC1O. The standard InChI is InChI=1S/C7H14FNO2/c8-1-2-9-3-6(5-10)7(11)4-9/h6-7,10-11H,1-5H2. The number of likely N-dealkylation sites (tertiary alicyclic amines) is 1. The third-order valence-corrected chi connectivity index (χ3v) is 2.12. The van der Waals surface area contributed by atoms with Gasteiger partial charge in [-0.15, -0.1) is 0 Å². The fourth-order valence-corrected chi connectivity index (χ4v) is 1.42. The first-order valence-corrected chi connectivity index (χ1v) is 3.85. The number of alkyl halides is 1. The number of β-amino-alcohol motifs (C(OH)–C–C–N with tert-alkyl or cyclic N) is 1. The first-order chi connectivity index (χ1) is 5.27. The van der Waals surface area contributed by atoms with E-state index in [1.165, 1.54) is 0 Å². The molecule has 0 amide bonds. The Morgan fingerprint density at radius 1 is 1.45 bits per heavy atom. The molecule has 3 nitrogen and oxygen atoms in total. The highest BCUT2D eigenvalue weighted by Crippen LogP contribution is 2.15. The lowest BCUT2D eigenvalue weighted by molar-refractivity contribution is 0.103. The van der Waals surface area contributed by atoms with E-state index in [0.717, 1.165) is 0 Å². The average molecular weight is 163 g/mol. The highest BCUT2D eigenvalue weighted by Gasteiger charge is 2.29. The van der Waals surface area contributed by atoms with Crippen LogP contribution in [-0.2, 0) is 0 Å². The van der Waals surface area contributed by atoms with E-state index >= 15 is 0 Å². The first-order valence-electron chi connectivity index (χ1n) is 3.85. The summed E-state index contributed by atoms with van der Waals surface area (Å²) < 4.78 is 11.8. The number of rotatable bonds is 3. The fourth-order valence-electron chi connectivity index (χ4n) is 1.42. The zero-order valence-electron chi connectivity index (χ0n) is 6.41. The van der Waals surface area contributed by atoms with Crippen molar-refractivity contribution in [2.45, 2.75) is 6.10 Å². The maximum atomic E-state index is 11.8. The van der Waals surface area contributed by atoms with Crippen molar-refractivity contribution in [1.82, 2.24) is 4.90 Å². The fraction of sp³-hybridized carbons (Fsp3) is 1.00. The Kier molecular flexibility index (Phi) is 3.23. The molecule has 0 aromatic rings. The Hall–Kier alpha value is -0.190. The van der Waals surface area contributed by atoms with E-state index in [-0.39, 0.29) is 19.2 Å². The normalized spacial score (nSPS) is 33.0. The molecule has 1 rings (SSSR count). The van der Waals surface area contributed by atoms with Crippen LogP contribution in [0.3, 0.4) is 0 Å². The smallest absolute Gasteiger partial charge is 0.102 e. The van der Waals surface area contributed by atoms with Gasteiger partial charge < -0.3 is 10.2 Å². The summed E-state index contributed by atoms with van der Waals surface area (Å²) in [7, 11) is 0. The molecule has 2 N–H and O–H groups in total. The highest BCUT2D eigenvalue weighted by molar-refractivity contribution is 4.82. The van der Waals surface area contributed by atoms with Crippen LogP contribution < -0.4 is 0 Å². The van der Waals surface area contributed by atoms with Crippen molar-refractivity contribution in [2.24, 2.45) is 5.92 Å². The molecule has 1 heterocycles. The minimum absolute atomic E-state index is 0.00997. The van der Waals surface area contributed by atoms with Crippen LogP contribution >= 0.6 is 0 Å². The zero-order valence-corrected chi connectivity index (χ0v) is 6.41. The van der Waals surface area contributed by atoms with Gasteiger partial charge in [0.25, 0.3) is 0 Å². The lowest BCUT2D eigenvalue weighted by atomic mass is 10.1. The molecule has 0 aliphatic carbocycles. The van der Waals surface area contributed by atoms with Crippen LogP contribution in [0.1, 0.15) is 0 Å². The zero-order chi connectivity index (χ0) is 8.27. The van der Waals surface area contributed by atoms with Gasteiger partial charge in [-0.25, -0.2) is 4.39 Å². The van der Waals surface area contributed by atoms with E-state index in [2.05, 4.69) is 0 Å². The Bertz CT molecular complexity index is 123. The maximum absolute atomic E-state index is 11.8. The van der Waals surface area contributed by atoms with Crippen LogP contribution in [0.25, 0.3) is 0 Å². The third-order valence-electron chi connectivity index (χ3n) is 2.12. The molecule has 0 saturated carbocycles. The van der Waals surface area contributed by atoms with Crippen molar-refractivity contribution in [3.8, 4) is 0 Å². The molecule has 2 atom stereocenters. The molecule has 66 valence electrons. The Labute approximate surface area is 65.4 Å². The topological polar surface area (TPSA) is 43.7 Å². The van der Waals surface area contributed by atoms with Gasteiger partial charge in [-0.2, -0.15) is 0 Å². The number of halogens is 1. The summed E-state index contributed by atoms with van der Waals surface area (Å²) in [5.41, 5.74) is 0. The molecule has 0 spiro atoms. The third kappa shape index (κ3) is 2.12. The lowest BCUT2D eigenvalue weighted by Crippen LogP contribution is -2.24. The monoisotopic (exact) mass is 163 g/mol. The summed E-state index contributed by atoms with van der Waals surface area (Å²) >= 11 is 0. The number of nitrogens with zero attached hydrogens (tertiary/aromatic N) is 1. The molecule has 0 aromatic heterocycles. The molecule has 1 aliphatic rings. The van der Waals surface area contributed by atoms with Crippen molar-refractivity contribution in [3.05, 3.63) is 0 Å². The maximum Gasteiger partial charge on any atom is 0.102 e. The molecule has 0 radical (unpaired) electrons. The van der Waals surface area contributed by atoms with Gasteiger partial charge in [0.1, 0.15) is 6.67 Å². The summed E-state index contributed by atoms with van der Waals surface area (Å²) in [6.45, 7) is 1.08. The molecule has 4 heteroatoms. The van der Waals surface area contributed by atoms with E-state index in [4.69, 9.17) is 5.11 Å². The van der Waals surface area contributed by atoms with E-state index < -0.39 is 6.10 Å². The van der Waals surface area contributed by atoms with E-state index in [9.17, 15) is 9.50 Å². The van der Waals surface area contributed by atoms with E-state index in [1.807, 2.05) is 4.90 Å². The Morgan fingerprint density at radius 2 is 2.18 bits per heavy atom. The quantitative estimate of drug-likeness (QED) is 0.575. The summed E-state index contributed by atoms with van der Waals surface area (Å²) in [5, 5.41) is 18.0. The van der Waals surface area contributed by atoms with Crippen LogP contribution in [0.4, 0.5) is 4.39 Å². The summed E-state index contributed by atoms with van der Waals surface area (Å²) in [6, 6.07) is 0. The molecule has 11 heavy (non-hydrogen) atoms. The van der Waals surface area contributed by atoms with Crippen molar-refractivity contribution in [3.63, 3.8) is 0 Å². The van der Waals surface area contributed by atoms with Gasteiger partial charge in [-0.3, -0.25) is 4.90 Å². The van der Waals surface area contributed by atoms with Gasteiger partial charge in [0, 0.05) is 32.2 Å². The van der Waals surface area contributed by atoms with Gasteiger partial charge in [-0.05, 0) is 0 Å². The minimum atomic E-state index is -0.480. The van der Waals surface area contributed by atoms with Gasteiger partial charge in [0.05, 0.1) is 6.10 Å². The average Bonchev–Trinajstić information content (AvgIpc) is 2.32. The predicted octanol–water partition coefficient (Wildman–Crippen LogP) is -0.759. The van der Waals surface area contributed by atoms with Crippen LogP contribution in [0, 0.1) is 5.92 Å².